The van der Waals surface area contributed by atoms with Crippen molar-refractivity contribution in [2.24, 2.45) is 0 Å². The van der Waals surface area contributed by atoms with E-state index in [1.165, 1.54) is 12.1 Å². The first kappa shape index (κ1) is 35.1. The van der Waals surface area contributed by atoms with E-state index in [1.54, 1.807) is 31.2 Å². The molecule has 9 heteroatoms. The summed E-state index contributed by atoms with van der Waals surface area (Å²) in [5.41, 5.74) is 32.9. The molecule has 6 rings (SSSR count). The van der Waals surface area contributed by atoms with E-state index in [0.717, 1.165) is 67.3 Å². The van der Waals surface area contributed by atoms with Crippen LogP contribution in [0, 0.1) is 6.92 Å². The van der Waals surface area contributed by atoms with E-state index < -0.39 is 10.1 Å². The minimum Gasteiger partial charge on any atom is -0.744 e. The molecule has 0 bridgehead atoms. The fraction of sp³-hybridized carbons (Fsp3) is 0.0513. The number of rotatable bonds is 5. The summed E-state index contributed by atoms with van der Waals surface area (Å²) < 4.78 is 31.2. The fourth-order valence-corrected chi connectivity index (χ4v) is 5.07. The molecule has 6 aromatic rings. The zero-order valence-electron chi connectivity index (χ0n) is 26.8. The number of hydrogen-bond donors (Lipinski definition) is 4. The lowest BCUT2D eigenvalue weighted by molar-refractivity contribution is -0.254. The van der Waals surface area contributed by atoms with E-state index in [-0.39, 0.29) is 10.7 Å². The van der Waals surface area contributed by atoms with Gasteiger partial charge < -0.3 is 27.5 Å². The van der Waals surface area contributed by atoms with Crippen molar-refractivity contribution in [2.45, 2.75) is 18.7 Å². The number of ketones is 1. The van der Waals surface area contributed by atoms with E-state index in [2.05, 4.69) is 23.9 Å². The Morgan fingerprint density at radius 3 is 1.17 bits per heavy atom. The van der Waals surface area contributed by atoms with Crippen LogP contribution in [0.4, 0.5) is 22.7 Å². The highest BCUT2D eigenvalue weighted by molar-refractivity contribution is 7.85. The molecule has 0 aliphatic rings. The van der Waals surface area contributed by atoms with Crippen LogP contribution >= 0.6 is 0 Å². The van der Waals surface area contributed by atoms with Crippen LogP contribution < -0.4 is 22.9 Å². The number of anilines is 3. The van der Waals surface area contributed by atoms with Crippen LogP contribution in [0.5, 0.6) is 0 Å². The van der Waals surface area contributed by atoms with Gasteiger partial charge in [0.2, 0.25) is 0 Å². The minimum absolute atomic E-state index is 0.0972. The Bertz CT molecular complexity index is 1920. The maximum Gasteiger partial charge on any atom is 0.159 e. The van der Waals surface area contributed by atoms with Crippen molar-refractivity contribution in [2.75, 3.05) is 17.2 Å². The summed E-state index contributed by atoms with van der Waals surface area (Å²) in [6.45, 7) is 3.37. The topological polar surface area (TPSA) is 180 Å². The van der Waals surface area contributed by atoms with Gasteiger partial charge in [-0.05, 0) is 138 Å². The predicted octanol–water partition coefficient (Wildman–Crippen LogP) is 7.10. The van der Waals surface area contributed by atoms with Crippen molar-refractivity contribution in [3.05, 3.63) is 151 Å². The van der Waals surface area contributed by atoms with Crippen LogP contribution in [0.1, 0.15) is 22.8 Å². The fourth-order valence-electron chi connectivity index (χ4n) is 4.60. The predicted molar refractivity (Wildman–Crippen MR) is 194 cm³/mol. The molecule has 0 amide bonds. The summed E-state index contributed by atoms with van der Waals surface area (Å²) in [6.07, 6.45) is 0. The molecule has 0 fully saturated rings. The van der Waals surface area contributed by atoms with Gasteiger partial charge >= 0.3 is 0 Å². The second-order valence-corrected chi connectivity index (χ2v) is 12.6. The Morgan fingerprint density at radius 1 is 0.542 bits per heavy atom. The van der Waals surface area contributed by atoms with Gasteiger partial charge in [-0.15, -0.1) is 0 Å². The highest BCUT2D eigenvalue weighted by atomic mass is 32.2. The number of carbonyl (C=O) groups excluding carboxylic acids is 1. The van der Waals surface area contributed by atoms with Gasteiger partial charge in [-0.2, -0.15) is 0 Å². The second kappa shape index (κ2) is 15.7. The van der Waals surface area contributed by atoms with Gasteiger partial charge in [-0.25, -0.2) is 8.42 Å². The number of aryl methyl sites for hydroxylation is 1. The molecule has 244 valence electrons. The molecule has 6 aromatic carbocycles. The van der Waals surface area contributed by atoms with Crippen LogP contribution in [0.2, 0.25) is 0 Å². The van der Waals surface area contributed by atoms with Crippen LogP contribution in [0.15, 0.2) is 144 Å². The first-order chi connectivity index (χ1) is 22.8. The average Bonchev–Trinajstić information content (AvgIpc) is 3.06. The number of hydrogen-bond acceptors (Lipinski definition) is 7. The second-order valence-electron chi connectivity index (χ2n) is 11.2. The summed E-state index contributed by atoms with van der Waals surface area (Å²) in [4.78, 5) is 10.6. The quantitative estimate of drug-likeness (QED) is 0.0866. The molecule has 0 aromatic heterocycles. The molecule has 0 unspecified atom stereocenters. The van der Waals surface area contributed by atoms with Crippen LogP contribution in [0.25, 0.3) is 33.4 Å². The van der Waals surface area contributed by atoms with Crippen molar-refractivity contribution in [3.8, 4) is 33.4 Å². The summed E-state index contributed by atoms with van der Waals surface area (Å²) in [5.74, 6) is 0.0972. The Morgan fingerprint density at radius 2 is 0.875 bits per heavy atom. The van der Waals surface area contributed by atoms with Crippen LogP contribution in [-0.2, 0) is 10.1 Å². The molecule has 8 nitrogen and oxygen atoms in total. The Balaban J connectivity index is 0.000000203. The molecule has 0 aliphatic heterocycles. The number of Topliss-reactive ketones (excluding diaryl/α,β-unsaturated/α-hetero) is 1. The van der Waals surface area contributed by atoms with Crippen molar-refractivity contribution >= 4 is 38.7 Å². The number of carbonyl (C=O) groups is 1. The molecule has 0 aliphatic carbocycles. The van der Waals surface area contributed by atoms with Crippen molar-refractivity contribution in [3.63, 3.8) is 0 Å². The van der Waals surface area contributed by atoms with Gasteiger partial charge in [-0.1, -0.05) is 54.1 Å². The zero-order valence-corrected chi connectivity index (χ0v) is 27.6. The van der Waals surface area contributed by atoms with E-state index in [9.17, 15) is 17.8 Å². The van der Waals surface area contributed by atoms with Gasteiger partial charge in [0.15, 0.2) is 5.78 Å². The Kier molecular flexibility index (Phi) is 11.5. The van der Waals surface area contributed by atoms with Crippen LogP contribution in [-0.4, -0.2) is 18.8 Å². The van der Waals surface area contributed by atoms with E-state index >= 15 is 0 Å². The lowest BCUT2D eigenvalue weighted by atomic mass is 9.93. The monoisotopic (exact) mass is 658 g/mol. The van der Waals surface area contributed by atoms with Crippen molar-refractivity contribution < 1.29 is 23.5 Å². The van der Waals surface area contributed by atoms with Crippen molar-refractivity contribution in [1.82, 2.24) is 0 Å². The molecule has 9 N–H and O–H groups in total. The summed E-state index contributed by atoms with van der Waals surface area (Å²) in [7, 11) is -4.27. The van der Waals surface area contributed by atoms with Crippen molar-refractivity contribution in [1.29, 1.82) is 0 Å². The van der Waals surface area contributed by atoms with E-state index in [4.69, 9.17) is 17.2 Å². The molecule has 0 heterocycles. The van der Waals surface area contributed by atoms with Gasteiger partial charge in [0.1, 0.15) is 15.8 Å². The third-order valence-corrected chi connectivity index (χ3v) is 8.18. The normalized spacial score (nSPS) is 10.6. The number of quaternary nitrogens is 1. The SMILES string of the molecule is CC(=O)c1ccc([NH3+])cc1.Cc1ccc(S(=O)(=O)[O-])cc1.Nc1ccc(-c2cc(-c3ccc(N)cc3)cc(-c3ccc(N)cc3)c2)cc1. The largest absolute Gasteiger partial charge is 0.744 e. The minimum atomic E-state index is -4.27. The summed E-state index contributed by atoms with van der Waals surface area (Å²) in [5, 5.41) is 0. The van der Waals surface area contributed by atoms with Gasteiger partial charge in [0.05, 0.1) is 4.90 Å². The molecule has 48 heavy (non-hydrogen) atoms. The molecule has 0 saturated heterocycles. The van der Waals surface area contributed by atoms with Gasteiger partial charge in [0.25, 0.3) is 0 Å². The summed E-state index contributed by atoms with van der Waals surface area (Å²) >= 11 is 0. The maximum atomic E-state index is 10.7. The smallest absolute Gasteiger partial charge is 0.159 e. The lowest BCUT2D eigenvalue weighted by Gasteiger charge is -2.12. The average molecular weight is 659 g/mol. The summed E-state index contributed by atoms with van der Waals surface area (Å²) in [6, 6.07) is 43.4. The standard InChI is InChI=1S/C24H21N3.C8H9NO.C7H8O3S/c25-22-7-1-16(2-8-22)19-13-20(17-3-9-23(26)10-4-17)15-21(14-19)18-5-11-24(27)12-6-18;1-6(10)7-2-4-8(9)5-3-7;1-6-2-4-7(5-3-6)11(8,9)10/h1-15H,25-27H2;2-5H,9H2,1H3;2-5H,1H3,(H,8,9,10). The third-order valence-electron chi connectivity index (χ3n) is 7.34. The maximum absolute atomic E-state index is 10.7. The van der Waals surface area contributed by atoms with E-state index in [1.807, 2.05) is 91.9 Å². The highest BCUT2D eigenvalue weighted by Crippen LogP contribution is 2.33. The first-order valence-corrected chi connectivity index (χ1v) is 16.4. The highest BCUT2D eigenvalue weighted by Gasteiger charge is 2.08. The van der Waals surface area contributed by atoms with Crippen LogP contribution in [0.3, 0.4) is 0 Å². The molecule has 0 saturated carbocycles. The Labute approximate surface area is 281 Å². The molecule has 0 atom stereocenters. The van der Waals surface area contributed by atoms with Gasteiger partial charge in [0, 0.05) is 22.6 Å². The molecular formula is C39H38N4O4S. The zero-order chi connectivity index (χ0) is 34.8. The molecule has 0 radical (unpaired) electrons. The third kappa shape index (κ3) is 10.1. The lowest BCUT2D eigenvalue weighted by Crippen LogP contribution is -2.39. The van der Waals surface area contributed by atoms with E-state index in [0.29, 0.717) is 0 Å². The number of nitrogen functional groups attached to an aromatic ring is 3. The molecule has 0 spiro atoms. The first-order valence-electron chi connectivity index (χ1n) is 15.0. The Hall–Kier alpha value is -5.74. The number of nitrogens with two attached hydrogens (primary N) is 3. The molecular weight excluding hydrogens is 621 g/mol. The number of benzene rings is 6. The van der Waals surface area contributed by atoms with Gasteiger partial charge in [-0.3, -0.25) is 4.79 Å².